The van der Waals surface area contributed by atoms with Gasteiger partial charge in [0.25, 0.3) is 0 Å². The van der Waals surface area contributed by atoms with E-state index in [1.165, 1.54) is 5.56 Å². The van der Waals surface area contributed by atoms with E-state index in [2.05, 4.69) is 45.7 Å². The Kier molecular flexibility index (Phi) is 4.55. The Labute approximate surface area is 136 Å². The largest absolute Gasteiger partial charge is 0.339 e. The lowest BCUT2D eigenvalue weighted by atomic mass is 10.1. The van der Waals surface area contributed by atoms with Gasteiger partial charge in [-0.3, -0.25) is 0 Å². The number of imidazole rings is 1. The number of nitrogens with zero attached hydrogens (tertiary/aromatic N) is 4. The van der Waals surface area contributed by atoms with Gasteiger partial charge < -0.3 is 9.09 Å². The first-order valence-corrected chi connectivity index (χ1v) is 8.05. The Hall–Kier alpha value is -2.43. The molecule has 1 unspecified atom stereocenters. The summed E-state index contributed by atoms with van der Waals surface area (Å²) in [7, 11) is 0. The molecule has 0 radical (unpaired) electrons. The summed E-state index contributed by atoms with van der Waals surface area (Å²) in [5.74, 6) is 2.93. The molecule has 23 heavy (non-hydrogen) atoms. The van der Waals surface area contributed by atoms with E-state index in [9.17, 15) is 0 Å². The van der Waals surface area contributed by atoms with E-state index in [4.69, 9.17) is 4.52 Å². The van der Waals surface area contributed by atoms with Crippen molar-refractivity contribution < 1.29 is 4.52 Å². The summed E-state index contributed by atoms with van der Waals surface area (Å²) < 4.78 is 7.49. The van der Waals surface area contributed by atoms with E-state index in [1.807, 2.05) is 31.5 Å². The Morgan fingerprint density at radius 3 is 2.91 bits per heavy atom. The van der Waals surface area contributed by atoms with Crippen LogP contribution in [0.15, 0.2) is 41.2 Å². The quantitative estimate of drug-likeness (QED) is 0.693. The highest BCUT2D eigenvalue weighted by Crippen LogP contribution is 2.19. The van der Waals surface area contributed by atoms with Gasteiger partial charge in [-0.25, -0.2) is 4.98 Å². The minimum atomic E-state index is 0.554. The third-order valence-corrected chi connectivity index (χ3v) is 4.15. The minimum absolute atomic E-state index is 0.554. The van der Waals surface area contributed by atoms with E-state index >= 15 is 0 Å². The maximum Gasteiger partial charge on any atom is 0.227 e. The van der Waals surface area contributed by atoms with Crippen molar-refractivity contribution in [2.24, 2.45) is 5.92 Å². The smallest absolute Gasteiger partial charge is 0.227 e. The van der Waals surface area contributed by atoms with E-state index in [0.29, 0.717) is 17.6 Å². The third-order valence-electron chi connectivity index (χ3n) is 4.15. The summed E-state index contributed by atoms with van der Waals surface area (Å²) >= 11 is 0. The zero-order valence-electron chi connectivity index (χ0n) is 13.9. The van der Waals surface area contributed by atoms with Crippen LogP contribution in [-0.4, -0.2) is 19.7 Å². The number of hydrogen-bond acceptors (Lipinski definition) is 4. The normalized spacial score (nSPS) is 12.5. The molecule has 0 saturated heterocycles. The molecule has 0 amide bonds. The standard InChI is InChI=1S/C18H22N4O/c1-4-13(2)10-17-20-18(21-23-17)16-7-5-6-15(11-16)12-22-9-8-19-14(22)3/h5-9,11,13H,4,10,12H2,1-3H3. The van der Waals surface area contributed by atoms with Gasteiger partial charge in [-0.15, -0.1) is 0 Å². The molecule has 0 saturated carbocycles. The number of rotatable bonds is 6. The topological polar surface area (TPSA) is 56.7 Å². The van der Waals surface area contributed by atoms with Crippen LogP contribution in [0.5, 0.6) is 0 Å². The van der Waals surface area contributed by atoms with Crippen molar-refractivity contribution in [1.29, 1.82) is 0 Å². The fraction of sp³-hybridized carbons (Fsp3) is 0.389. The lowest BCUT2D eigenvalue weighted by Crippen LogP contribution is -2.01. The lowest BCUT2D eigenvalue weighted by molar-refractivity contribution is 0.356. The van der Waals surface area contributed by atoms with Gasteiger partial charge in [0.05, 0.1) is 0 Å². The number of aromatic nitrogens is 4. The highest BCUT2D eigenvalue weighted by molar-refractivity contribution is 5.55. The van der Waals surface area contributed by atoms with Gasteiger partial charge in [0.15, 0.2) is 0 Å². The summed E-state index contributed by atoms with van der Waals surface area (Å²) in [4.78, 5) is 8.78. The molecule has 0 N–H and O–H groups in total. The molecular weight excluding hydrogens is 288 g/mol. The monoisotopic (exact) mass is 310 g/mol. The van der Waals surface area contributed by atoms with Crippen molar-refractivity contribution in [3.63, 3.8) is 0 Å². The van der Waals surface area contributed by atoms with Crippen molar-refractivity contribution in [2.45, 2.75) is 40.2 Å². The predicted molar refractivity (Wildman–Crippen MR) is 89.0 cm³/mol. The van der Waals surface area contributed by atoms with Gasteiger partial charge in [-0.1, -0.05) is 43.6 Å². The predicted octanol–water partition coefficient (Wildman–Crippen LogP) is 3.88. The molecule has 1 atom stereocenters. The highest BCUT2D eigenvalue weighted by atomic mass is 16.5. The van der Waals surface area contributed by atoms with E-state index in [0.717, 1.165) is 30.8 Å². The molecule has 5 heteroatoms. The van der Waals surface area contributed by atoms with Crippen molar-refractivity contribution in [1.82, 2.24) is 19.7 Å². The summed E-state index contributed by atoms with van der Waals surface area (Å²) in [5, 5.41) is 4.12. The second-order valence-corrected chi connectivity index (χ2v) is 6.03. The molecule has 3 aromatic rings. The summed E-state index contributed by atoms with van der Waals surface area (Å²) in [6, 6.07) is 8.25. The van der Waals surface area contributed by atoms with Crippen LogP contribution in [0.3, 0.4) is 0 Å². The van der Waals surface area contributed by atoms with Gasteiger partial charge in [0.1, 0.15) is 5.82 Å². The zero-order chi connectivity index (χ0) is 16.2. The van der Waals surface area contributed by atoms with E-state index in [-0.39, 0.29) is 0 Å². The molecule has 5 nitrogen and oxygen atoms in total. The number of hydrogen-bond donors (Lipinski definition) is 0. The molecule has 0 aliphatic heterocycles. The molecule has 1 aromatic carbocycles. The molecule has 2 aromatic heterocycles. The number of aryl methyl sites for hydroxylation is 1. The van der Waals surface area contributed by atoms with Crippen molar-refractivity contribution in [3.05, 3.63) is 53.9 Å². The molecule has 120 valence electrons. The van der Waals surface area contributed by atoms with Crippen LogP contribution >= 0.6 is 0 Å². The average Bonchev–Trinajstić information content (AvgIpc) is 3.17. The molecule has 3 rings (SSSR count). The SMILES string of the molecule is CCC(C)Cc1nc(-c2cccc(Cn3ccnc3C)c2)no1. The first-order valence-electron chi connectivity index (χ1n) is 8.05. The molecular formula is C18H22N4O. The molecule has 2 heterocycles. The van der Waals surface area contributed by atoms with Gasteiger partial charge >= 0.3 is 0 Å². The Morgan fingerprint density at radius 1 is 1.30 bits per heavy atom. The molecule has 0 aliphatic carbocycles. The van der Waals surface area contributed by atoms with Gasteiger partial charge in [0.2, 0.25) is 11.7 Å². The average molecular weight is 310 g/mol. The zero-order valence-corrected chi connectivity index (χ0v) is 13.9. The second kappa shape index (κ2) is 6.77. The van der Waals surface area contributed by atoms with Crippen molar-refractivity contribution in [3.8, 4) is 11.4 Å². The van der Waals surface area contributed by atoms with Crippen LogP contribution in [0.25, 0.3) is 11.4 Å². The first-order chi connectivity index (χ1) is 11.2. The van der Waals surface area contributed by atoms with Crippen LogP contribution in [0.4, 0.5) is 0 Å². The summed E-state index contributed by atoms with van der Waals surface area (Å²) in [6.07, 6.45) is 5.75. The van der Waals surface area contributed by atoms with Crippen LogP contribution < -0.4 is 0 Å². The Bertz CT molecular complexity index is 775. The second-order valence-electron chi connectivity index (χ2n) is 6.03. The van der Waals surface area contributed by atoms with Gasteiger partial charge in [-0.05, 0) is 24.5 Å². The van der Waals surface area contributed by atoms with Crippen LogP contribution in [0.2, 0.25) is 0 Å². The van der Waals surface area contributed by atoms with Gasteiger partial charge in [-0.2, -0.15) is 4.98 Å². The van der Waals surface area contributed by atoms with E-state index in [1.54, 1.807) is 0 Å². The minimum Gasteiger partial charge on any atom is -0.339 e. The maximum absolute atomic E-state index is 5.38. The fourth-order valence-electron chi connectivity index (χ4n) is 2.47. The third kappa shape index (κ3) is 3.67. The first kappa shape index (κ1) is 15.5. The summed E-state index contributed by atoms with van der Waals surface area (Å²) in [5.41, 5.74) is 2.18. The molecule has 0 bridgehead atoms. The maximum atomic E-state index is 5.38. The highest BCUT2D eigenvalue weighted by Gasteiger charge is 2.11. The Balaban J connectivity index is 1.78. The molecule has 0 spiro atoms. The Morgan fingerprint density at radius 2 is 2.17 bits per heavy atom. The van der Waals surface area contributed by atoms with E-state index < -0.39 is 0 Å². The van der Waals surface area contributed by atoms with Crippen molar-refractivity contribution in [2.75, 3.05) is 0 Å². The van der Waals surface area contributed by atoms with Crippen LogP contribution in [0.1, 0.15) is 37.5 Å². The van der Waals surface area contributed by atoms with Crippen LogP contribution in [-0.2, 0) is 13.0 Å². The fourth-order valence-corrected chi connectivity index (χ4v) is 2.47. The molecule has 0 aliphatic rings. The number of benzene rings is 1. The lowest BCUT2D eigenvalue weighted by Gasteiger charge is -2.06. The summed E-state index contributed by atoms with van der Waals surface area (Å²) in [6.45, 7) is 7.16. The van der Waals surface area contributed by atoms with Crippen molar-refractivity contribution >= 4 is 0 Å². The van der Waals surface area contributed by atoms with Crippen LogP contribution in [0, 0.1) is 12.8 Å². The van der Waals surface area contributed by atoms with Gasteiger partial charge in [0, 0.05) is 30.9 Å². The molecule has 0 fully saturated rings.